The van der Waals surface area contributed by atoms with Gasteiger partial charge in [-0.25, -0.2) is 4.98 Å². The molecule has 2 aromatic heterocycles. The molecule has 0 atom stereocenters. The van der Waals surface area contributed by atoms with Crippen LogP contribution in [0.3, 0.4) is 0 Å². The number of fused-ring (bicyclic) bond motifs is 1. The van der Waals surface area contributed by atoms with Crippen molar-refractivity contribution in [2.24, 2.45) is 0 Å². The summed E-state index contributed by atoms with van der Waals surface area (Å²) in [5, 5.41) is -0.179. The van der Waals surface area contributed by atoms with E-state index in [2.05, 4.69) is 9.97 Å². The number of alkyl halides is 3. The summed E-state index contributed by atoms with van der Waals surface area (Å²) >= 11 is 0. The Kier molecular flexibility index (Phi) is 2.11. The molecule has 0 saturated heterocycles. The maximum Gasteiger partial charge on any atom is 0.417 e. The quantitative estimate of drug-likeness (QED) is 0.719. The predicted octanol–water partition coefficient (Wildman–Crippen LogP) is 1.52. The lowest BCUT2D eigenvalue weighted by Crippen LogP contribution is -2.14. The molecule has 2 rings (SSSR count). The van der Waals surface area contributed by atoms with E-state index in [0.717, 1.165) is 0 Å². The Morgan fingerprint density at radius 2 is 2.00 bits per heavy atom. The third kappa shape index (κ3) is 1.71. The Balaban J connectivity index is 2.89. The molecule has 3 N–H and O–H groups in total. The van der Waals surface area contributed by atoms with E-state index in [4.69, 9.17) is 5.73 Å². The minimum Gasteiger partial charge on any atom is -0.384 e. The number of nitrogens with two attached hydrogens (primary N) is 1. The fraction of sp³-hybridized carbons (Fsp3) is 0.111. The molecule has 0 radical (unpaired) electrons. The summed E-state index contributed by atoms with van der Waals surface area (Å²) in [4.78, 5) is 16.9. The fourth-order valence-corrected chi connectivity index (χ4v) is 1.38. The highest BCUT2D eigenvalue weighted by atomic mass is 19.4. The van der Waals surface area contributed by atoms with Gasteiger partial charge in [-0.1, -0.05) is 0 Å². The number of nitrogen functional groups attached to an aromatic ring is 1. The Morgan fingerprint density at radius 3 is 2.62 bits per heavy atom. The number of aromatic nitrogens is 2. The van der Waals surface area contributed by atoms with E-state index in [1.54, 1.807) is 0 Å². The number of H-pyrrole nitrogens is 1. The SMILES string of the molecule is Nc1ccc2c(C(F)(F)F)cc(=O)[nH]c2n1. The second-order valence-electron chi connectivity index (χ2n) is 3.18. The number of nitrogens with zero attached hydrogens (tertiary/aromatic N) is 1. The van der Waals surface area contributed by atoms with Crippen LogP contribution in [0, 0.1) is 0 Å². The molecule has 0 unspecified atom stereocenters. The van der Waals surface area contributed by atoms with Crippen molar-refractivity contribution in [3.05, 3.63) is 34.1 Å². The molecule has 0 aliphatic heterocycles. The molecule has 0 amide bonds. The highest BCUT2D eigenvalue weighted by Crippen LogP contribution is 2.32. The molecular weight excluding hydrogens is 223 g/mol. The van der Waals surface area contributed by atoms with Gasteiger partial charge in [0.1, 0.15) is 11.5 Å². The number of pyridine rings is 2. The van der Waals surface area contributed by atoms with Gasteiger partial charge in [0.05, 0.1) is 5.56 Å². The molecule has 0 bridgehead atoms. The average Bonchev–Trinajstić information content (AvgIpc) is 2.14. The third-order valence-electron chi connectivity index (χ3n) is 2.03. The minimum absolute atomic E-state index is 0.0440. The maximum absolute atomic E-state index is 12.6. The van der Waals surface area contributed by atoms with E-state index in [1.165, 1.54) is 12.1 Å². The molecule has 2 aromatic rings. The highest BCUT2D eigenvalue weighted by molar-refractivity contribution is 5.80. The zero-order valence-electron chi connectivity index (χ0n) is 7.80. The fourth-order valence-electron chi connectivity index (χ4n) is 1.38. The molecule has 0 fully saturated rings. The summed E-state index contributed by atoms with van der Waals surface area (Å²) in [6, 6.07) is 2.92. The molecule has 7 heteroatoms. The normalized spacial score (nSPS) is 11.9. The number of anilines is 1. The number of nitrogens with one attached hydrogen (secondary N) is 1. The largest absolute Gasteiger partial charge is 0.417 e. The lowest BCUT2D eigenvalue weighted by molar-refractivity contribution is -0.136. The van der Waals surface area contributed by atoms with Crippen LogP contribution in [0.25, 0.3) is 11.0 Å². The van der Waals surface area contributed by atoms with Gasteiger partial charge in [0, 0.05) is 11.5 Å². The van der Waals surface area contributed by atoms with Gasteiger partial charge in [-0.3, -0.25) is 4.79 Å². The van der Waals surface area contributed by atoms with E-state index in [9.17, 15) is 18.0 Å². The number of hydrogen-bond donors (Lipinski definition) is 2. The topological polar surface area (TPSA) is 71.8 Å². The van der Waals surface area contributed by atoms with Crippen LogP contribution in [-0.4, -0.2) is 9.97 Å². The van der Waals surface area contributed by atoms with E-state index in [1.807, 2.05) is 0 Å². The van der Waals surface area contributed by atoms with Gasteiger partial charge < -0.3 is 10.7 Å². The van der Waals surface area contributed by atoms with Crippen molar-refractivity contribution in [2.45, 2.75) is 6.18 Å². The smallest absolute Gasteiger partial charge is 0.384 e. The summed E-state index contributed by atoms with van der Waals surface area (Å²) in [5.74, 6) is 0.0440. The Hall–Kier alpha value is -2.05. The van der Waals surface area contributed by atoms with Crippen molar-refractivity contribution >= 4 is 16.9 Å². The molecule has 4 nitrogen and oxygen atoms in total. The first-order valence-corrected chi connectivity index (χ1v) is 4.24. The molecule has 0 aliphatic rings. The lowest BCUT2D eigenvalue weighted by Gasteiger charge is -2.09. The van der Waals surface area contributed by atoms with Crippen LogP contribution in [0.1, 0.15) is 5.56 Å². The van der Waals surface area contributed by atoms with E-state index < -0.39 is 17.3 Å². The molecule has 84 valence electrons. The van der Waals surface area contributed by atoms with Gasteiger partial charge in [-0.15, -0.1) is 0 Å². The first kappa shape index (κ1) is 10.5. The summed E-state index contributed by atoms with van der Waals surface area (Å²) in [7, 11) is 0. The summed E-state index contributed by atoms with van der Waals surface area (Å²) < 4.78 is 37.8. The van der Waals surface area contributed by atoms with Crippen LogP contribution in [0.5, 0.6) is 0 Å². The first-order chi connectivity index (χ1) is 7.38. The van der Waals surface area contributed by atoms with Crippen LogP contribution < -0.4 is 11.3 Å². The van der Waals surface area contributed by atoms with Crippen LogP contribution in [0.4, 0.5) is 19.0 Å². The van der Waals surface area contributed by atoms with Crippen LogP contribution in [-0.2, 0) is 6.18 Å². The molecule has 0 aromatic carbocycles. The molecule has 2 heterocycles. The van der Waals surface area contributed by atoms with Crippen LogP contribution in [0.2, 0.25) is 0 Å². The zero-order valence-corrected chi connectivity index (χ0v) is 7.80. The Bertz CT molecular complexity index is 603. The standard InChI is InChI=1S/C9H6F3N3O/c10-9(11,12)5-3-7(16)15-8-4(5)1-2-6(13)14-8/h1-3H,(H3,13,14,15,16). The van der Waals surface area contributed by atoms with Crippen molar-refractivity contribution in [1.29, 1.82) is 0 Å². The predicted molar refractivity (Wildman–Crippen MR) is 51.8 cm³/mol. The van der Waals surface area contributed by atoms with Crippen molar-refractivity contribution in [3.8, 4) is 0 Å². The van der Waals surface area contributed by atoms with Gasteiger partial charge in [0.15, 0.2) is 0 Å². The summed E-state index contributed by atoms with van der Waals surface area (Å²) in [5.41, 5.74) is 3.27. The third-order valence-corrected chi connectivity index (χ3v) is 2.03. The van der Waals surface area contributed by atoms with Gasteiger partial charge in [-0.2, -0.15) is 13.2 Å². The lowest BCUT2D eigenvalue weighted by atomic mass is 10.1. The van der Waals surface area contributed by atoms with E-state index in [0.29, 0.717) is 6.07 Å². The van der Waals surface area contributed by atoms with Gasteiger partial charge in [0.25, 0.3) is 0 Å². The first-order valence-electron chi connectivity index (χ1n) is 4.24. The van der Waals surface area contributed by atoms with Gasteiger partial charge in [0.2, 0.25) is 5.56 Å². The molecule has 0 saturated carbocycles. The molecule has 16 heavy (non-hydrogen) atoms. The van der Waals surface area contributed by atoms with Gasteiger partial charge in [-0.05, 0) is 12.1 Å². The van der Waals surface area contributed by atoms with Crippen molar-refractivity contribution in [2.75, 3.05) is 5.73 Å². The Labute approximate surface area is 86.9 Å². The van der Waals surface area contributed by atoms with Gasteiger partial charge >= 0.3 is 6.18 Å². The van der Waals surface area contributed by atoms with Crippen LogP contribution in [0.15, 0.2) is 23.0 Å². The zero-order chi connectivity index (χ0) is 11.9. The molecule has 0 spiro atoms. The van der Waals surface area contributed by atoms with Crippen molar-refractivity contribution in [1.82, 2.24) is 9.97 Å². The van der Waals surface area contributed by atoms with E-state index >= 15 is 0 Å². The Morgan fingerprint density at radius 1 is 1.31 bits per heavy atom. The van der Waals surface area contributed by atoms with E-state index in [-0.39, 0.29) is 16.9 Å². The second-order valence-corrected chi connectivity index (χ2v) is 3.18. The summed E-state index contributed by atoms with van der Waals surface area (Å²) in [6.45, 7) is 0. The van der Waals surface area contributed by atoms with Crippen molar-refractivity contribution < 1.29 is 13.2 Å². The number of rotatable bonds is 0. The highest BCUT2D eigenvalue weighted by Gasteiger charge is 2.33. The molecule has 0 aliphatic carbocycles. The molecular formula is C9H6F3N3O. The van der Waals surface area contributed by atoms with Crippen molar-refractivity contribution in [3.63, 3.8) is 0 Å². The monoisotopic (exact) mass is 229 g/mol. The van der Waals surface area contributed by atoms with Crippen LogP contribution >= 0.6 is 0 Å². The maximum atomic E-state index is 12.6. The second kappa shape index (κ2) is 3.22. The number of hydrogen-bond acceptors (Lipinski definition) is 3. The number of aromatic amines is 1. The minimum atomic E-state index is -4.59. The summed E-state index contributed by atoms with van der Waals surface area (Å²) in [6.07, 6.45) is -4.59. The number of halogens is 3. The average molecular weight is 229 g/mol.